The van der Waals surface area contributed by atoms with Gasteiger partial charge in [0.15, 0.2) is 6.10 Å². The lowest BCUT2D eigenvalue weighted by atomic mass is 10.0. The third-order valence-corrected chi connectivity index (χ3v) is 2.09. The topological polar surface area (TPSA) is 66.8 Å². The van der Waals surface area contributed by atoms with Gasteiger partial charge in [0.25, 0.3) is 0 Å². The van der Waals surface area contributed by atoms with Crippen molar-refractivity contribution in [1.82, 2.24) is 0 Å². The minimum atomic E-state index is -5.24. The van der Waals surface area contributed by atoms with Gasteiger partial charge in [-0.25, -0.2) is 4.79 Å². The van der Waals surface area contributed by atoms with Crippen LogP contribution in [0.15, 0.2) is 18.2 Å². The van der Waals surface area contributed by atoms with E-state index in [0.717, 1.165) is 0 Å². The number of carboxylic acids is 1. The molecule has 1 rings (SSSR count). The molecule has 0 heterocycles. The number of aliphatic carboxylic acids is 1. The summed E-state index contributed by atoms with van der Waals surface area (Å²) >= 11 is 0. The van der Waals surface area contributed by atoms with E-state index < -0.39 is 41.5 Å². The summed E-state index contributed by atoms with van der Waals surface area (Å²) in [6.07, 6.45) is -12.7. The molecule has 0 fully saturated rings. The molecule has 0 spiro atoms. The van der Waals surface area contributed by atoms with Crippen LogP contribution in [0, 0.1) is 0 Å². The molecule has 0 aliphatic heterocycles. The molecule has 0 aliphatic carbocycles. The number of aliphatic hydroxyl groups excluding tert-OH is 1. The maximum atomic E-state index is 12.4. The first-order valence-corrected chi connectivity index (χ1v) is 4.79. The highest BCUT2D eigenvalue weighted by Crippen LogP contribution is 2.36. The van der Waals surface area contributed by atoms with Crippen molar-refractivity contribution in [3.05, 3.63) is 29.3 Å². The SMILES string of the molecule is O=C(O)C(O)c1cc(C(F)(F)F)ccc1OC(F)(F)F. The Bertz CT molecular complexity index is 507. The fourth-order valence-electron chi connectivity index (χ4n) is 1.29. The van der Waals surface area contributed by atoms with Crippen LogP contribution in [0.25, 0.3) is 0 Å². The fraction of sp³-hybridized carbons (Fsp3) is 0.300. The van der Waals surface area contributed by atoms with Gasteiger partial charge in [0.1, 0.15) is 5.75 Å². The maximum Gasteiger partial charge on any atom is 0.573 e. The Morgan fingerprint density at radius 3 is 2.10 bits per heavy atom. The summed E-state index contributed by atoms with van der Waals surface area (Å²) in [5.41, 5.74) is -2.56. The van der Waals surface area contributed by atoms with Crippen molar-refractivity contribution < 1.29 is 46.1 Å². The van der Waals surface area contributed by atoms with Gasteiger partial charge in [-0.2, -0.15) is 13.2 Å². The zero-order valence-electron chi connectivity index (χ0n) is 9.29. The number of aliphatic hydroxyl groups is 1. The third kappa shape index (κ3) is 4.02. The quantitative estimate of drug-likeness (QED) is 0.843. The number of halogens is 6. The van der Waals surface area contributed by atoms with Crippen LogP contribution in [-0.4, -0.2) is 22.5 Å². The van der Waals surface area contributed by atoms with E-state index >= 15 is 0 Å². The Morgan fingerprint density at radius 1 is 1.15 bits per heavy atom. The number of alkyl halides is 6. The van der Waals surface area contributed by atoms with Gasteiger partial charge in [-0.3, -0.25) is 0 Å². The summed E-state index contributed by atoms with van der Waals surface area (Å²) in [5, 5.41) is 17.6. The summed E-state index contributed by atoms with van der Waals surface area (Å²) in [4.78, 5) is 10.5. The molecule has 0 saturated heterocycles. The molecule has 4 nitrogen and oxygen atoms in total. The molecule has 1 unspecified atom stereocenters. The van der Waals surface area contributed by atoms with Crippen LogP contribution >= 0.6 is 0 Å². The summed E-state index contributed by atoms with van der Waals surface area (Å²) < 4.78 is 76.8. The highest BCUT2D eigenvalue weighted by molar-refractivity contribution is 5.75. The second-order valence-electron chi connectivity index (χ2n) is 3.54. The minimum Gasteiger partial charge on any atom is -0.479 e. The van der Waals surface area contributed by atoms with Crippen LogP contribution in [-0.2, 0) is 11.0 Å². The molecule has 2 N–H and O–H groups in total. The smallest absolute Gasteiger partial charge is 0.479 e. The lowest BCUT2D eigenvalue weighted by molar-refractivity contribution is -0.275. The summed E-state index contributed by atoms with van der Waals surface area (Å²) in [7, 11) is 0. The van der Waals surface area contributed by atoms with E-state index in [1.807, 2.05) is 0 Å². The first-order chi connectivity index (χ1) is 8.92. The molecule has 0 radical (unpaired) electrons. The number of carbonyl (C=O) groups is 1. The second kappa shape index (κ2) is 5.19. The standard InChI is InChI=1S/C10H6F6O4/c11-9(12,13)4-1-2-6(20-10(14,15)16)5(3-4)7(17)8(18)19/h1-3,7,17H,(H,18,19). The maximum absolute atomic E-state index is 12.4. The van der Waals surface area contributed by atoms with E-state index in [1.54, 1.807) is 0 Å². The average Bonchev–Trinajstić information content (AvgIpc) is 2.24. The van der Waals surface area contributed by atoms with Gasteiger partial charge in [0.2, 0.25) is 0 Å². The Hall–Kier alpha value is -1.97. The van der Waals surface area contributed by atoms with Crippen LogP contribution in [0.1, 0.15) is 17.2 Å². The van der Waals surface area contributed by atoms with Crippen molar-refractivity contribution in [2.24, 2.45) is 0 Å². The lowest BCUT2D eigenvalue weighted by Crippen LogP contribution is -2.21. The molecule has 20 heavy (non-hydrogen) atoms. The fourth-order valence-corrected chi connectivity index (χ4v) is 1.29. The first-order valence-electron chi connectivity index (χ1n) is 4.79. The Balaban J connectivity index is 3.34. The van der Waals surface area contributed by atoms with Crippen molar-refractivity contribution in [3.63, 3.8) is 0 Å². The Kier molecular flexibility index (Phi) is 4.18. The molecule has 0 saturated carbocycles. The van der Waals surface area contributed by atoms with Crippen molar-refractivity contribution >= 4 is 5.97 Å². The summed E-state index contributed by atoms with van der Waals surface area (Å²) in [6, 6.07) is 0.650. The van der Waals surface area contributed by atoms with Crippen LogP contribution in [0.3, 0.4) is 0 Å². The molecule has 10 heteroatoms. The number of benzene rings is 1. The van der Waals surface area contributed by atoms with Crippen LogP contribution in [0.2, 0.25) is 0 Å². The molecule has 112 valence electrons. The number of hydrogen-bond donors (Lipinski definition) is 2. The van der Waals surface area contributed by atoms with Gasteiger partial charge >= 0.3 is 18.5 Å². The van der Waals surface area contributed by atoms with Crippen LogP contribution in [0.4, 0.5) is 26.3 Å². The largest absolute Gasteiger partial charge is 0.573 e. The molecule has 0 bridgehead atoms. The predicted molar refractivity (Wildman–Crippen MR) is 50.7 cm³/mol. The normalized spacial score (nSPS) is 13.9. The Morgan fingerprint density at radius 2 is 1.70 bits per heavy atom. The van der Waals surface area contributed by atoms with Crippen molar-refractivity contribution in [2.45, 2.75) is 18.6 Å². The van der Waals surface area contributed by atoms with Gasteiger partial charge in [-0.1, -0.05) is 0 Å². The number of ether oxygens (including phenoxy) is 1. The first kappa shape index (κ1) is 16.1. The molecule has 1 atom stereocenters. The highest BCUT2D eigenvalue weighted by atomic mass is 19.4. The monoisotopic (exact) mass is 304 g/mol. The minimum absolute atomic E-state index is 0.0832. The molecule has 1 aromatic carbocycles. The average molecular weight is 304 g/mol. The lowest BCUT2D eigenvalue weighted by Gasteiger charge is -2.17. The molecule has 0 aliphatic rings. The zero-order valence-corrected chi connectivity index (χ0v) is 9.29. The van der Waals surface area contributed by atoms with Gasteiger partial charge in [0.05, 0.1) is 5.56 Å². The van der Waals surface area contributed by atoms with Gasteiger partial charge in [0, 0.05) is 5.56 Å². The van der Waals surface area contributed by atoms with Crippen LogP contribution in [0.5, 0.6) is 5.75 Å². The summed E-state index contributed by atoms with van der Waals surface area (Å²) in [5.74, 6) is -3.24. The number of rotatable bonds is 3. The van der Waals surface area contributed by atoms with Gasteiger partial charge < -0.3 is 14.9 Å². The van der Waals surface area contributed by atoms with E-state index in [0.29, 0.717) is 0 Å². The molecule has 1 aromatic rings. The van der Waals surface area contributed by atoms with Crippen molar-refractivity contribution in [3.8, 4) is 5.75 Å². The molecular formula is C10H6F6O4. The Labute approximate surface area is 107 Å². The van der Waals surface area contributed by atoms with Crippen molar-refractivity contribution in [1.29, 1.82) is 0 Å². The van der Waals surface area contributed by atoms with E-state index in [-0.39, 0.29) is 18.2 Å². The second-order valence-corrected chi connectivity index (χ2v) is 3.54. The molecule has 0 amide bonds. The van der Waals surface area contributed by atoms with Crippen LogP contribution < -0.4 is 4.74 Å². The number of carboxylic acid groups (broad SMARTS) is 1. The van der Waals surface area contributed by atoms with E-state index in [9.17, 15) is 31.1 Å². The van der Waals surface area contributed by atoms with Gasteiger partial charge in [-0.05, 0) is 18.2 Å². The van der Waals surface area contributed by atoms with E-state index in [1.165, 1.54) is 0 Å². The predicted octanol–water partition coefficient (Wildman–Crippen LogP) is 2.72. The van der Waals surface area contributed by atoms with E-state index in [2.05, 4.69) is 4.74 Å². The van der Waals surface area contributed by atoms with Crippen molar-refractivity contribution in [2.75, 3.05) is 0 Å². The summed E-state index contributed by atoms with van der Waals surface area (Å²) in [6.45, 7) is 0. The van der Waals surface area contributed by atoms with E-state index in [4.69, 9.17) is 10.2 Å². The molecule has 0 aromatic heterocycles. The van der Waals surface area contributed by atoms with Gasteiger partial charge in [-0.15, -0.1) is 13.2 Å². The number of hydrogen-bond acceptors (Lipinski definition) is 3. The zero-order chi connectivity index (χ0) is 15.7. The third-order valence-electron chi connectivity index (χ3n) is 2.09. The molecular weight excluding hydrogens is 298 g/mol. The highest BCUT2D eigenvalue weighted by Gasteiger charge is 2.36.